The number of nitrogens with zero attached hydrogens (tertiary/aromatic N) is 3. The molecule has 6 rings (SSSR count). The summed E-state index contributed by atoms with van der Waals surface area (Å²) in [6.45, 7) is -0.147. The Kier molecular flexibility index (Phi) is 5.73. The number of benzene rings is 2. The molecule has 0 spiro atoms. The lowest BCUT2D eigenvalue weighted by atomic mass is 9.74. The summed E-state index contributed by atoms with van der Waals surface area (Å²) < 4.78 is 15.8. The Morgan fingerprint density at radius 3 is 2.56 bits per heavy atom. The van der Waals surface area contributed by atoms with Gasteiger partial charge in [-0.05, 0) is 49.8 Å². The van der Waals surface area contributed by atoms with E-state index in [1.165, 1.54) is 16.8 Å². The van der Waals surface area contributed by atoms with Crippen LogP contribution < -0.4 is 11.1 Å². The van der Waals surface area contributed by atoms with E-state index in [-0.39, 0.29) is 40.8 Å². The molecule has 3 heterocycles. The average Bonchev–Trinajstić information content (AvgIpc) is 3.21. The molecule has 3 amide bonds. The second-order valence-corrected chi connectivity index (χ2v) is 9.20. The van der Waals surface area contributed by atoms with Gasteiger partial charge in [0.25, 0.3) is 5.91 Å². The summed E-state index contributed by atoms with van der Waals surface area (Å²) in [7, 11) is 0. The molecule has 0 radical (unpaired) electrons. The molecule has 8 nitrogen and oxygen atoms in total. The number of primary amides is 1. The summed E-state index contributed by atoms with van der Waals surface area (Å²) in [6.07, 6.45) is 3.25. The number of amides is 3. The predicted molar refractivity (Wildman–Crippen MR) is 125 cm³/mol. The largest absolute Gasteiger partial charge is 0.364 e. The number of rotatable bonds is 5. The third kappa shape index (κ3) is 3.79. The van der Waals surface area contributed by atoms with Crippen molar-refractivity contribution in [1.82, 2.24) is 14.7 Å². The molecule has 1 aliphatic carbocycles. The van der Waals surface area contributed by atoms with Gasteiger partial charge < -0.3 is 16.0 Å². The van der Waals surface area contributed by atoms with Crippen LogP contribution in [0, 0.1) is 11.7 Å². The first-order valence-corrected chi connectivity index (χ1v) is 11.5. The fourth-order valence-corrected chi connectivity index (χ4v) is 5.47. The van der Waals surface area contributed by atoms with Crippen molar-refractivity contribution in [2.45, 2.75) is 44.3 Å². The molecule has 2 aliphatic heterocycles. The van der Waals surface area contributed by atoms with Crippen LogP contribution in [0.25, 0.3) is 10.9 Å². The summed E-state index contributed by atoms with van der Waals surface area (Å²) in [5.74, 6) is -2.14. The van der Waals surface area contributed by atoms with Gasteiger partial charge in [-0.2, -0.15) is 5.10 Å². The number of hydrogen-bond donors (Lipinski definition) is 2. The van der Waals surface area contributed by atoms with E-state index >= 15 is 0 Å². The van der Waals surface area contributed by atoms with E-state index in [0.717, 1.165) is 25.7 Å². The monoisotopic (exact) mass is 483 g/mol. The van der Waals surface area contributed by atoms with Crippen LogP contribution in [-0.2, 0) is 16.1 Å². The molecule has 176 valence electrons. The maximum Gasteiger partial charge on any atom is 0.269 e. The van der Waals surface area contributed by atoms with Gasteiger partial charge in [0.15, 0.2) is 11.5 Å². The highest BCUT2D eigenvalue weighted by Gasteiger charge is 2.47. The molecule has 3 fully saturated rings. The van der Waals surface area contributed by atoms with Gasteiger partial charge in [0.05, 0.1) is 16.2 Å². The molecule has 2 saturated heterocycles. The molecule has 1 saturated carbocycles. The predicted octanol–water partition coefficient (Wildman–Crippen LogP) is 3.34. The molecule has 3 aromatic rings. The lowest BCUT2D eigenvalue weighted by Crippen LogP contribution is -2.62. The maximum atomic E-state index is 14.4. The van der Waals surface area contributed by atoms with E-state index in [0.29, 0.717) is 10.9 Å². The van der Waals surface area contributed by atoms with Crippen molar-refractivity contribution in [1.29, 1.82) is 0 Å². The first-order valence-electron chi connectivity index (χ1n) is 11.2. The normalized spacial score (nSPS) is 21.6. The molecule has 3 aliphatic rings. The van der Waals surface area contributed by atoms with Crippen LogP contribution in [0.3, 0.4) is 0 Å². The minimum Gasteiger partial charge on any atom is -0.364 e. The van der Waals surface area contributed by atoms with Crippen LogP contribution in [0.5, 0.6) is 0 Å². The van der Waals surface area contributed by atoms with Crippen LogP contribution in [0.4, 0.5) is 10.1 Å². The SMILES string of the molecule is NC(=O)c1nn(CC(=O)N2[C@H]3CC[C@H](CC3)[C@@H]2C(=O)Nc2cccc(Cl)c2F)c2ccccc12. The molecular formula is C24H23ClFN5O3. The van der Waals surface area contributed by atoms with Crippen molar-refractivity contribution in [3.05, 3.63) is 59.0 Å². The Hall–Kier alpha value is -3.46. The Morgan fingerprint density at radius 1 is 1.09 bits per heavy atom. The van der Waals surface area contributed by atoms with Gasteiger partial charge in [-0.1, -0.05) is 35.9 Å². The zero-order valence-electron chi connectivity index (χ0n) is 18.2. The van der Waals surface area contributed by atoms with Crippen molar-refractivity contribution >= 4 is 45.9 Å². The van der Waals surface area contributed by atoms with Crippen molar-refractivity contribution in [3.63, 3.8) is 0 Å². The second-order valence-electron chi connectivity index (χ2n) is 8.79. The van der Waals surface area contributed by atoms with E-state index in [9.17, 15) is 18.8 Å². The Bertz CT molecular complexity index is 1300. The highest BCUT2D eigenvalue weighted by molar-refractivity contribution is 6.31. The van der Waals surface area contributed by atoms with Crippen LogP contribution in [0.1, 0.15) is 36.2 Å². The number of fused-ring (bicyclic) bond motifs is 4. The standard InChI is InChI=1S/C24H23ClFN5O3/c25-16-5-3-6-17(20(16)26)28-24(34)22-13-8-10-14(11-9-13)31(22)19(32)12-30-18-7-2-1-4-15(18)21(29-30)23(27)33/h1-7,13-14,22H,8-12H2,(H2,27,33)(H,28,34)/t13-,14+,22-/m1/s1. The van der Waals surface area contributed by atoms with Crippen molar-refractivity contribution in [2.75, 3.05) is 5.32 Å². The number of piperidine rings is 2. The first-order chi connectivity index (χ1) is 16.3. The number of carbonyl (C=O) groups excluding carboxylic acids is 3. The van der Waals surface area contributed by atoms with Crippen LogP contribution in [0.15, 0.2) is 42.5 Å². The zero-order valence-corrected chi connectivity index (χ0v) is 19.0. The van der Waals surface area contributed by atoms with Crippen molar-refractivity contribution in [3.8, 4) is 0 Å². The summed E-state index contributed by atoms with van der Waals surface area (Å²) in [5.41, 5.74) is 6.15. The summed E-state index contributed by atoms with van der Waals surface area (Å²) >= 11 is 5.85. The van der Waals surface area contributed by atoms with Gasteiger partial charge in [0.2, 0.25) is 11.8 Å². The quantitative estimate of drug-likeness (QED) is 0.579. The highest BCUT2D eigenvalue weighted by atomic mass is 35.5. The minimum absolute atomic E-state index is 0.0180. The van der Waals surface area contributed by atoms with Gasteiger partial charge >= 0.3 is 0 Å². The first kappa shape index (κ1) is 22.3. The fraction of sp³-hybridized carbons (Fsp3) is 0.333. The van der Waals surface area contributed by atoms with Crippen molar-refractivity contribution < 1.29 is 18.8 Å². The molecule has 34 heavy (non-hydrogen) atoms. The van der Waals surface area contributed by atoms with Gasteiger partial charge in [0, 0.05) is 11.4 Å². The van der Waals surface area contributed by atoms with Gasteiger partial charge in [-0.3, -0.25) is 19.1 Å². The Balaban J connectivity index is 1.44. The second kappa shape index (κ2) is 8.72. The van der Waals surface area contributed by atoms with E-state index in [2.05, 4.69) is 10.4 Å². The molecular weight excluding hydrogens is 461 g/mol. The fourth-order valence-electron chi connectivity index (χ4n) is 5.30. The minimum atomic E-state index is -0.726. The van der Waals surface area contributed by atoms with E-state index in [1.807, 2.05) is 0 Å². The van der Waals surface area contributed by atoms with Gasteiger partial charge in [-0.25, -0.2) is 4.39 Å². The lowest BCUT2D eigenvalue weighted by Gasteiger charge is -2.50. The number of hydrogen-bond acceptors (Lipinski definition) is 4. The number of para-hydroxylation sites is 1. The van der Waals surface area contributed by atoms with Crippen LogP contribution in [0.2, 0.25) is 5.02 Å². The van der Waals surface area contributed by atoms with Crippen LogP contribution >= 0.6 is 11.6 Å². The molecule has 3 N–H and O–H groups in total. The number of anilines is 1. The van der Waals surface area contributed by atoms with Crippen molar-refractivity contribution in [2.24, 2.45) is 11.7 Å². The maximum absolute atomic E-state index is 14.4. The topological polar surface area (TPSA) is 110 Å². The third-order valence-electron chi connectivity index (χ3n) is 6.82. The summed E-state index contributed by atoms with van der Waals surface area (Å²) in [4.78, 5) is 40.3. The zero-order chi connectivity index (χ0) is 24.0. The average molecular weight is 484 g/mol. The summed E-state index contributed by atoms with van der Waals surface area (Å²) in [6, 6.07) is 10.6. The van der Waals surface area contributed by atoms with E-state index in [4.69, 9.17) is 17.3 Å². The number of halogens is 2. The number of nitrogens with two attached hydrogens (primary N) is 1. The molecule has 2 aromatic carbocycles. The van der Waals surface area contributed by atoms with E-state index in [1.54, 1.807) is 35.2 Å². The lowest BCUT2D eigenvalue weighted by molar-refractivity contribution is -0.151. The third-order valence-corrected chi connectivity index (χ3v) is 7.12. The smallest absolute Gasteiger partial charge is 0.269 e. The number of nitrogens with one attached hydrogen (secondary N) is 1. The van der Waals surface area contributed by atoms with E-state index < -0.39 is 23.7 Å². The highest BCUT2D eigenvalue weighted by Crippen LogP contribution is 2.40. The number of aromatic nitrogens is 2. The molecule has 2 bridgehead atoms. The van der Waals surface area contributed by atoms with Gasteiger partial charge in [0.1, 0.15) is 12.6 Å². The molecule has 0 unspecified atom stereocenters. The van der Waals surface area contributed by atoms with Gasteiger partial charge in [-0.15, -0.1) is 0 Å². The molecule has 1 aromatic heterocycles. The summed E-state index contributed by atoms with van der Waals surface area (Å²) in [5, 5.41) is 7.37. The number of carbonyl (C=O) groups is 3. The Morgan fingerprint density at radius 2 is 1.82 bits per heavy atom. The Labute approximate surface area is 199 Å². The molecule has 1 atom stereocenters. The van der Waals surface area contributed by atoms with Crippen LogP contribution in [-0.4, -0.2) is 44.5 Å². The molecule has 10 heteroatoms.